The normalized spacial score (nSPS) is 10.8. The van der Waals surface area contributed by atoms with Crippen molar-refractivity contribution in [1.82, 2.24) is 14.5 Å². The first-order valence-electron chi connectivity index (χ1n) is 6.31. The van der Waals surface area contributed by atoms with Crippen molar-refractivity contribution in [1.29, 1.82) is 0 Å². The molecule has 2 aromatic heterocycles. The van der Waals surface area contributed by atoms with Gasteiger partial charge in [-0.05, 0) is 24.6 Å². The number of fused-ring (bicyclic) bond motifs is 1. The Morgan fingerprint density at radius 2 is 2.00 bits per heavy atom. The second kappa shape index (κ2) is 4.96. The number of aryl methyl sites for hydroxylation is 1. The van der Waals surface area contributed by atoms with Gasteiger partial charge in [0.05, 0.1) is 17.6 Å². The zero-order valence-corrected chi connectivity index (χ0v) is 12.1. The van der Waals surface area contributed by atoms with Gasteiger partial charge in [0.25, 0.3) is 0 Å². The Morgan fingerprint density at radius 1 is 1.35 bits per heavy atom. The second-order valence-corrected chi connectivity index (χ2v) is 4.96. The van der Waals surface area contributed by atoms with E-state index in [1.807, 2.05) is 13.0 Å². The highest BCUT2D eigenvalue weighted by Gasteiger charge is 2.16. The van der Waals surface area contributed by atoms with E-state index in [2.05, 4.69) is 4.98 Å². The zero-order valence-electron chi connectivity index (χ0n) is 12.1. The molecule has 0 spiro atoms. The Morgan fingerprint density at radius 3 is 2.55 bits per heavy atom. The van der Waals surface area contributed by atoms with E-state index >= 15 is 0 Å². The molecule has 6 nitrogen and oxygen atoms in total. The molecule has 0 saturated carbocycles. The maximum Gasteiger partial charge on any atom is 0.228 e. The molecule has 2 heterocycles. The molecule has 0 saturated heterocycles. The number of carbonyl (C=O) groups excluding carboxylic acids is 2. The third-order valence-corrected chi connectivity index (χ3v) is 3.34. The van der Waals surface area contributed by atoms with Crippen molar-refractivity contribution in [3.63, 3.8) is 0 Å². The predicted molar refractivity (Wildman–Crippen MR) is 77.3 cm³/mol. The number of hydrogen-bond acceptors (Lipinski definition) is 4. The lowest BCUT2D eigenvalue weighted by Gasteiger charge is -2.15. The number of pyridine rings is 1. The lowest BCUT2D eigenvalue weighted by molar-refractivity contribution is -0.128. The number of rotatable bonds is 2. The average molecular weight is 274 g/mol. The van der Waals surface area contributed by atoms with Crippen LogP contribution < -0.4 is 5.73 Å². The van der Waals surface area contributed by atoms with Gasteiger partial charge in [-0.15, -0.1) is 0 Å². The van der Waals surface area contributed by atoms with Crippen molar-refractivity contribution in [2.45, 2.75) is 27.3 Å². The summed E-state index contributed by atoms with van der Waals surface area (Å²) >= 11 is 0. The SMILES string of the molecule is CC(=O)N(C)Cc1cc2nc(N)c(C)cc2n1C(C)=O. The Bertz CT molecular complexity index is 703. The maximum absolute atomic E-state index is 11.9. The highest BCUT2D eigenvalue weighted by molar-refractivity contribution is 5.92. The van der Waals surface area contributed by atoms with Gasteiger partial charge < -0.3 is 10.6 Å². The predicted octanol–water partition coefficient (Wildman–Crippen LogP) is 1.57. The molecule has 0 aromatic carbocycles. The molecule has 106 valence electrons. The Hall–Kier alpha value is -2.37. The van der Waals surface area contributed by atoms with Gasteiger partial charge in [-0.1, -0.05) is 0 Å². The molecule has 0 unspecified atom stereocenters. The van der Waals surface area contributed by atoms with Crippen LogP contribution in [0.5, 0.6) is 0 Å². The summed E-state index contributed by atoms with van der Waals surface area (Å²) < 4.78 is 1.58. The number of nitrogens with two attached hydrogens (primary N) is 1. The van der Waals surface area contributed by atoms with Crippen LogP contribution in [0.2, 0.25) is 0 Å². The Kier molecular flexibility index (Phi) is 3.48. The largest absolute Gasteiger partial charge is 0.383 e. The molecule has 6 heteroatoms. The Balaban J connectivity index is 2.62. The van der Waals surface area contributed by atoms with Gasteiger partial charge in [-0.3, -0.25) is 14.2 Å². The minimum atomic E-state index is -0.113. The van der Waals surface area contributed by atoms with Crippen molar-refractivity contribution in [3.05, 3.63) is 23.4 Å². The van der Waals surface area contributed by atoms with E-state index in [0.717, 1.165) is 16.8 Å². The summed E-state index contributed by atoms with van der Waals surface area (Å²) in [5.74, 6) is 0.275. The minimum Gasteiger partial charge on any atom is -0.383 e. The highest BCUT2D eigenvalue weighted by Crippen LogP contribution is 2.23. The molecule has 0 aliphatic rings. The summed E-state index contributed by atoms with van der Waals surface area (Å²) in [6.45, 7) is 5.17. The van der Waals surface area contributed by atoms with Gasteiger partial charge in [0, 0.05) is 26.6 Å². The quantitative estimate of drug-likeness (QED) is 0.901. The van der Waals surface area contributed by atoms with Crippen LogP contribution in [-0.4, -0.2) is 33.3 Å². The molecule has 2 N–H and O–H groups in total. The molecule has 1 amide bonds. The van der Waals surface area contributed by atoms with Gasteiger partial charge in [-0.25, -0.2) is 4.98 Å². The number of hydrogen-bond donors (Lipinski definition) is 1. The molecule has 0 fully saturated rings. The number of nitrogen functional groups attached to an aromatic ring is 1. The monoisotopic (exact) mass is 274 g/mol. The van der Waals surface area contributed by atoms with Crippen LogP contribution in [0, 0.1) is 6.92 Å². The van der Waals surface area contributed by atoms with Gasteiger partial charge >= 0.3 is 0 Å². The first-order valence-corrected chi connectivity index (χ1v) is 6.31. The molecule has 0 aliphatic carbocycles. The third kappa shape index (κ3) is 2.36. The summed E-state index contributed by atoms with van der Waals surface area (Å²) in [4.78, 5) is 29.1. The molecule has 0 atom stereocenters. The Labute approximate surface area is 117 Å². The first kappa shape index (κ1) is 14.0. The number of nitrogens with zero attached hydrogens (tertiary/aromatic N) is 3. The average Bonchev–Trinajstić information content (AvgIpc) is 2.66. The van der Waals surface area contributed by atoms with Crippen molar-refractivity contribution in [3.8, 4) is 0 Å². The second-order valence-electron chi connectivity index (χ2n) is 4.96. The third-order valence-electron chi connectivity index (χ3n) is 3.34. The van der Waals surface area contributed by atoms with Crippen LogP contribution in [-0.2, 0) is 11.3 Å². The summed E-state index contributed by atoms with van der Waals surface area (Å²) in [5, 5.41) is 0. The lowest BCUT2D eigenvalue weighted by atomic mass is 10.2. The molecule has 2 rings (SSSR count). The van der Waals surface area contributed by atoms with E-state index in [0.29, 0.717) is 17.9 Å². The number of carbonyl (C=O) groups is 2. The lowest BCUT2D eigenvalue weighted by Crippen LogP contribution is -2.25. The number of aromatic nitrogens is 2. The highest BCUT2D eigenvalue weighted by atomic mass is 16.2. The molecule has 2 aromatic rings. The fourth-order valence-electron chi connectivity index (χ4n) is 2.13. The maximum atomic E-state index is 11.9. The van der Waals surface area contributed by atoms with E-state index in [1.54, 1.807) is 22.6 Å². The van der Waals surface area contributed by atoms with E-state index in [4.69, 9.17) is 5.73 Å². The molecular weight excluding hydrogens is 256 g/mol. The molecule has 0 aliphatic heterocycles. The number of amides is 1. The molecule has 20 heavy (non-hydrogen) atoms. The van der Waals surface area contributed by atoms with Gasteiger partial charge in [0.1, 0.15) is 5.82 Å². The first-order chi connectivity index (χ1) is 9.31. The van der Waals surface area contributed by atoms with Crippen molar-refractivity contribution >= 4 is 28.7 Å². The van der Waals surface area contributed by atoms with Crippen molar-refractivity contribution < 1.29 is 9.59 Å². The van der Waals surface area contributed by atoms with Crippen molar-refractivity contribution in [2.24, 2.45) is 0 Å². The van der Waals surface area contributed by atoms with Gasteiger partial charge in [0.15, 0.2) is 0 Å². The minimum absolute atomic E-state index is 0.0611. The number of anilines is 1. The van der Waals surface area contributed by atoms with E-state index < -0.39 is 0 Å². The van der Waals surface area contributed by atoms with Crippen LogP contribution in [0.25, 0.3) is 11.0 Å². The molecular formula is C14H18N4O2. The zero-order chi connectivity index (χ0) is 15.0. The summed E-state index contributed by atoms with van der Waals surface area (Å²) in [5.41, 5.74) is 8.73. The van der Waals surface area contributed by atoms with Crippen LogP contribution >= 0.6 is 0 Å². The van der Waals surface area contributed by atoms with Crippen LogP contribution in [0.15, 0.2) is 12.1 Å². The fraction of sp³-hybridized carbons (Fsp3) is 0.357. The molecule has 0 radical (unpaired) electrons. The van der Waals surface area contributed by atoms with Gasteiger partial charge in [0.2, 0.25) is 11.8 Å². The smallest absolute Gasteiger partial charge is 0.228 e. The fourth-order valence-corrected chi connectivity index (χ4v) is 2.13. The summed E-state index contributed by atoms with van der Waals surface area (Å²) in [6, 6.07) is 3.64. The summed E-state index contributed by atoms with van der Waals surface area (Å²) in [6.07, 6.45) is 0. The van der Waals surface area contributed by atoms with E-state index in [9.17, 15) is 9.59 Å². The van der Waals surface area contributed by atoms with Crippen LogP contribution in [0.1, 0.15) is 29.9 Å². The molecule has 0 bridgehead atoms. The van der Waals surface area contributed by atoms with E-state index in [1.165, 1.54) is 13.8 Å². The van der Waals surface area contributed by atoms with Gasteiger partial charge in [-0.2, -0.15) is 0 Å². The van der Waals surface area contributed by atoms with E-state index in [-0.39, 0.29) is 11.8 Å². The van der Waals surface area contributed by atoms with Crippen molar-refractivity contribution in [2.75, 3.05) is 12.8 Å². The summed E-state index contributed by atoms with van der Waals surface area (Å²) in [7, 11) is 1.69. The topological polar surface area (TPSA) is 81.2 Å². The standard InChI is InChI=1S/C14H18N4O2/c1-8-5-13-12(16-14(8)15)6-11(18(13)10(3)20)7-17(4)9(2)19/h5-6H,7H2,1-4H3,(H2,15,16). The van der Waals surface area contributed by atoms with Crippen LogP contribution in [0.4, 0.5) is 5.82 Å². The van der Waals surface area contributed by atoms with Crippen LogP contribution in [0.3, 0.4) is 0 Å².